The first kappa shape index (κ1) is 44.4. The van der Waals surface area contributed by atoms with E-state index in [9.17, 15) is 4.79 Å². The molecule has 0 aliphatic rings. The van der Waals surface area contributed by atoms with E-state index in [1.807, 2.05) is 14.1 Å². The second kappa shape index (κ2) is 37.8. The smallest absolute Gasteiger partial charge is 0.308 e. The maximum Gasteiger partial charge on any atom is 0.308 e. The Balaban J connectivity index is 4.01. The third-order valence-electron chi connectivity index (χ3n) is 8.29. The number of carbonyl (C=O) groups excluding carboxylic acids is 1. The van der Waals surface area contributed by atoms with Crippen molar-refractivity contribution in [2.24, 2.45) is 0 Å². The maximum atomic E-state index is 12.4. The van der Waals surface area contributed by atoms with E-state index in [0.717, 1.165) is 45.1 Å². The Bertz CT molecular complexity index is 691. The third-order valence-corrected chi connectivity index (χ3v) is 8.29. The van der Waals surface area contributed by atoms with Gasteiger partial charge in [-0.25, -0.2) is 0 Å². The molecule has 0 rings (SSSR count). The Morgan fingerprint density at radius 1 is 0.543 bits per heavy atom. The normalized spacial score (nSPS) is 13.0. The molecule has 46 heavy (non-hydrogen) atoms. The highest BCUT2D eigenvalue weighted by molar-refractivity contribution is 5.69. The molecule has 268 valence electrons. The van der Waals surface area contributed by atoms with Crippen LogP contribution in [0.1, 0.15) is 181 Å². The molecule has 0 bridgehead atoms. The van der Waals surface area contributed by atoms with Gasteiger partial charge < -0.3 is 14.4 Å². The summed E-state index contributed by atoms with van der Waals surface area (Å²) in [5, 5.41) is 0. The fourth-order valence-corrected chi connectivity index (χ4v) is 5.35. The summed E-state index contributed by atoms with van der Waals surface area (Å²) in [5.41, 5.74) is 0. The van der Waals surface area contributed by atoms with Crippen LogP contribution in [-0.2, 0) is 14.3 Å². The molecule has 1 unspecified atom stereocenters. The van der Waals surface area contributed by atoms with Crippen LogP contribution in [0.2, 0.25) is 0 Å². The van der Waals surface area contributed by atoms with E-state index in [-0.39, 0.29) is 12.3 Å². The van der Waals surface area contributed by atoms with Gasteiger partial charge in [-0.15, -0.1) is 0 Å². The lowest BCUT2D eigenvalue weighted by molar-refractivity contribution is -0.180. The van der Waals surface area contributed by atoms with E-state index < -0.39 is 0 Å². The zero-order chi connectivity index (χ0) is 33.6. The summed E-state index contributed by atoms with van der Waals surface area (Å²) < 4.78 is 11.9. The minimum Gasteiger partial charge on any atom is -0.436 e. The molecule has 0 aromatic heterocycles. The van der Waals surface area contributed by atoms with Crippen molar-refractivity contribution in [1.82, 2.24) is 4.90 Å². The molecule has 0 aliphatic heterocycles. The summed E-state index contributed by atoms with van der Waals surface area (Å²) in [4.78, 5) is 14.5. The number of esters is 1. The molecule has 0 aromatic carbocycles. The second-order valence-corrected chi connectivity index (χ2v) is 13.3. The van der Waals surface area contributed by atoms with Crippen LogP contribution in [0.4, 0.5) is 0 Å². The van der Waals surface area contributed by atoms with Crippen LogP contribution in [0, 0.1) is 0 Å². The predicted octanol–water partition coefficient (Wildman–Crippen LogP) is 12.8. The Morgan fingerprint density at radius 3 is 1.46 bits per heavy atom. The van der Waals surface area contributed by atoms with Gasteiger partial charge in [0.15, 0.2) is 0 Å². The lowest BCUT2D eigenvalue weighted by Gasteiger charge is -2.19. The van der Waals surface area contributed by atoms with E-state index in [0.29, 0.717) is 13.0 Å². The van der Waals surface area contributed by atoms with Gasteiger partial charge in [-0.2, -0.15) is 0 Å². The fraction of sp³-hybridized carbons (Fsp3) is 0.786. The second-order valence-electron chi connectivity index (χ2n) is 13.3. The quantitative estimate of drug-likeness (QED) is 0.0298. The molecule has 0 amide bonds. The molecule has 0 heterocycles. The van der Waals surface area contributed by atoms with Gasteiger partial charge in [0.2, 0.25) is 6.29 Å². The number of hydrogen-bond acceptors (Lipinski definition) is 4. The van der Waals surface area contributed by atoms with E-state index in [4.69, 9.17) is 9.47 Å². The molecule has 0 spiro atoms. The first-order chi connectivity index (χ1) is 22.6. The maximum absolute atomic E-state index is 12.4. The first-order valence-corrected chi connectivity index (χ1v) is 19.7. The van der Waals surface area contributed by atoms with Crippen molar-refractivity contribution in [3.8, 4) is 0 Å². The summed E-state index contributed by atoms with van der Waals surface area (Å²) in [5.74, 6) is -0.119. The molecule has 0 saturated heterocycles. The highest BCUT2D eigenvalue weighted by Crippen LogP contribution is 2.15. The topological polar surface area (TPSA) is 38.8 Å². The van der Waals surface area contributed by atoms with Crippen LogP contribution in [-0.4, -0.2) is 44.4 Å². The number of rotatable bonds is 35. The molecule has 0 fully saturated rings. The van der Waals surface area contributed by atoms with Crippen LogP contribution in [0.25, 0.3) is 0 Å². The van der Waals surface area contributed by atoms with Crippen molar-refractivity contribution in [1.29, 1.82) is 0 Å². The molecular formula is C42H77NO3. The van der Waals surface area contributed by atoms with Gasteiger partial charge in [0.1, 0.15) is 0 Å². The van der Waals surface area contributed by atoms with Crippen molar-refractivity contribution in [3.63, 3.8) is 0 Å². The summed E-state index contributed by atoms with van der Waals surface area (Å²) in [6.45, 7) is 6.10. The molecule has 0 aliphatic carbocycles. The third kappa shape index (κ3) is 36.8. The largest absolute Gasteiger partial charge is 0.436 e. The lowest BCUT2D eigenvalue weighted by atomic mass is 10.1. The summed E-state index contributed by atoms with van der Waals surface area (Å²) in [7, 11) is 4.07. The summed E-state index contributed by atoms with van der Waals surface area (Å²) in [6.07, 6.45) is 48.5. The van der Waals surface area contributed by atoms with Crippen molar-refractivity contribution >= 4 is 5.97 Å². The number of nitrogens with zero attached hydrogens (tertiary/aromatic N) is 1. The average molecular weight is 644 g/mol. The Hall–Kier alpha value is -1.65. The van der Waals surface area contributed by atoms with E-state index in [1.54, 1.807) is 0 Å². The van der Waals surface area contributed by atoms with Crippen molar-refractivity contribution in [3.05, 3.63) is 48.6 Å². The summed E-state index contributed by atoms with van der Waals surface area (Å²) >= 11 is 0. The van der Waals surface area contributed by atoms with Crippen LogP contribution in [0.15, 0.2) is 48.6 Å². The minimum absolute atomic E-state index is 0.119. The SMILES string of the molecule is CCCCC/C=C\C/C=C\CCCCCCCCC(OCCCCCCC/C=C\C/C=C\CCCCC)OC(=O)CCCN(C)C. The van der Waals surface area contributed by atoms with E-state index in [2.05, 4.69) is 67.4 Å². The lowest BCUT2D eigenvalue weighted by Crippen LogP contribution is -2.23. The number of carbonyl (C=O) groups is 1. The highest BCUT2D eigenvalue weighted by Gasteiger charge is 2.15. The number of allylic oxidation sites excluding steroid dienone is 8. The van der Waals surface area contributed by atoms with E-state index in [1.165, 1.54) is 122 Å². The van der Waals surface area contributed by atoms with Gasteiger partial charge in [0.05, 0.1) is 6.61 Å². The van der Waals surface area contributed by atoms with Crippen LogP contribution < -0.4 is 0 Å². The minimum atomic E-state index is -0.386. The molecule has 1 atom stereocenters. The van der Waals surface area contributed by atoms with Gasteiger partial charge in [-0.05, 0) is 104 Å². The predicted molar refractivity (Wildman–Crippen MR) is 202 cm³/mol. The molecule has 4 heteroatoms. The zero-order valence-corrected chi connectivity index (χ0v) is 31.2. The van der Waals surface area contributed by atoms with E-state index >= 15 is 0 Å². The fourth-order valence-electron chi connectivity index (χ4n) is 5.35. The highest BCUT2D eigenvalue weighted by atomic mass is 16.7. The van der Waals surface area contributed by atoms with Gasteiger partial charge in [-0.3, -0.25) is 4.79 Å². The van der Waals surface area contributed by atoms with Gasteiger partial charge in [0, 0.05) is 12.8 Å². The van der Waals surface area contributed by atoms with Crippen LogP contribution in [0.5, 0.6) is 0 Å². The molecule has 0 saturated carbocycles. The Kier molecular flexibility index (Phi) is 36.4. The molecule has 0 radical (unpaired) electrons. The Morgan fingerprint density at radius 2 is 0.978 bits per heavy atom. The van der Waals surface area contributed by atoms with Gasteiger partial charge >= 0.3 is 5.97 Å². The number of unbranched alkanes of at least 4 members (excludes halogenated alkanes) is 17. The Labute approximate surface area is 287 Å². The van der Waals surface area contributed by atoms with Crippen LogP contribution >= 0.6 is 0 Å². The number of hydrogen-bond donors (Lipinski definition) is 0. The van der Waals surface area contributed by atoms with Crippen molar-refractivity contribution < 1.29 is 14.3 Å². The molecular weight excluding hydrogens is 566 g/mol. The zero-order valence-electron chi connectivity index (χ0n) is 31.2. The standard InChI is InChI=1S/C42H77NO3/c1-5-7-9-11-13-15-17-19-21-22-24-26-28-30-32-34-38-42(46-41(44)37-36-39-43(3)4)45-40-35-33-31-29-27-25-23-20-18-16-14-12-10-8-6-2/h13-16,19-21,23,42H,5-12,17-18,22,24-40H2,1-4H3/b15-13-,16-14-,21-19-,23-20-. The molecule has 4 nitrogen and oxygen atoms in total. The van der Waals surface area contributed by atoms with Crippen molar-refractivity contribution in [2.45, 2.75) is 187 Å². The first-order valence-electron chi connectivity index (χ1n) is 19.7. The molecule has 0 N–H and O–H groups in total. The van der Waals surface area contributed by atoms with Gasteiger partial charge in [0.25, 0.3) is 0 Å². The summed E-state index contributed by atoms with van der Waals surface area (Å²) in [6, 6.07) is 0. The number of ether oxygens (including phenoxy) is 2. The van der Waals surface area contributed by atoms with Crippen molar-refractivity contribution in [2.75, 3.05) is 27.2 Å². The van der Waals surface area contributed by atoms with Crippen LogP contribution in [0.3, 0.4) is 0 Å². The average Bonchev–Trinajstić information content (AvgIpc) is 3.04. The molecule has 0 aromatic rings. The monoisotopic (exact) mass is 644 g/mol. The van der Waals surface area contributed by atoms with Gasteiger partial charge in [-0.1, -0.05) is 133 Å².